The fraction of sp³-hybridized carbons (Fsp3) is 0.225. The first-order valence-electron chi connectivity index (χ1n) is 45.3. The van der Waals surface area contributed by atoms with E-state index >= 15 is 0 Å². The minimum atomic E-state index is -1.39. The quantitative estimate of drug-likeness (QED) is 0.0293. The molecule has 5 fully saturated rings. The van der Waals surface area contributed by atoms with E-state index in [1.165, 1.54) is 28.4 Å². The first-order chi connectivity index (χ1) is 69.2. The van der Waals surface area contributed by atoms with Crippen molar-refractivity contribution < 1.29 is 98.9 Å². The number of anilines is 7. The topological polar surface area (TPSA) is 515 Å². The van der Waals surface area contributed by atoms with Crippen molar-refractivity contribution in [3.8, 4) is 23.0 Å². The molecule has 0 bridgehead atoms. The predicted octanol–water partition coefficient (Wildman–Crippen LogP) is 10.0. The van der Waals surface area contributed by atoms with Crippen molar-refractivity contribution in [2.45, 2.75) is 86.4 Å². The molecule has 41 nitrogen and oxygen atoms in total. The van der Waals surface area contributed by atoms with Gasteiger partial charge in [-0.3, -0.25) is 98.5 Å². The molecule has 24 rings (SSSR count). The molecule has 718 valence electrons. The van der Waals surface area contributed by atoms with Crippen LogP contribution in [0.4, 0.5) is 40.6 Å². The Labute approximate surface area is 809 Å². The second-order valence-corrected chi connectivity index (χ2v) is 35.6. The monoisotopic (exact) mass is 1920 g/mol. The van der Waals surface area contributed by atoms with Gasteiger partial charge in [-0.05, 0) is 150 Å². The van der Waals surface area contributed by atoms with Gasteiger partial charge in [0.25, 0.3) is 23.6 Å². The molecular weight excluding hydrogens is 1840 g/mol. The highest BCUT2D eigenvalue weighted by atomic mass is 16.5. The van der Waals surface area contributed by atoms with Gasteiger partial charge in [0.05, 0.1) is 72.2 Å². The summed E-state index contributed by atoms with van der Waals surface area (Å²) in [7, 11) is 6.14. The van der Waals surface area contributed by atoms with Gasteiger partial charge in [0.15, 0.2) is 22.3 Å². The average Bonchev–Trinajstić information content (AvgIpc) is 1.60. The van der Waals surface area contributed by atoms with Crippen LogP contribution in [0.5, 0.6) is 23.0 Å². The number of nitrogens with zero attached hydrogens (tertiary/aromatic N) is 13. The summed E-state index contributed by atoms with van der Waals surface area (Å²) in [5.41, 5.74) is 4.46. The van der Waals surface area contributed by atoms with Crippen LogP contribution in [0, 0.1) is 0 Å². The Kier molecular flexibility index (Phi) is 23.2. The van der Waals surface area contributed by atoms with E-state index in [0.717, 1.165) is 34.4 Å². The second kappa shape index (κ2) is 36.5. The van der Waals surface area contributed by atoms with E-state index in [1.807, 2.05) is 54.6 Å². The fourth-order valence-electron chi connectivity index (χ4n) is 19.4. The Balaban J connectivity index is 0.000000113. The van der Waals surface area contributed by atoms with E-state index < -0.39 is 68.9 Å². The molecule has 7 N–H and O–H groups in total. The number of nitrogens with one attached hydrogen (secondary N) is 7. The molecule has 13 amide bonds. The number of methoxy groups -OCH3 is 4. The van der Waals surface area contributed by atoms with Gasteiger partial charge in [-0.25, -0.2) is 29.9 Å². The molecule has 0 aliphatic carbocycles. The number of fused-ring (bicyclic) bond motifs is 8. The number of carbonyl (C=O) groups is 13. The third kappa shape index (κ3) is 17.0. The van der Waals surface area contributed by atoms with Crippen molar-refractivity contribution >= 4 is 162 Å². The van der Waals surface area contributed by atoms with E-state index in [9.17, 15) is 62.3 Å². The zero-order valence-corrected chi connectivity index (χ0v) is 76.7. The Morgan fingerprint density at radius 1 is 0.343 bits per heavy atom. The molecule has 0 saturated carbocycles. The van der Waals surface area contributed by atoms with Gasteiger partial charge >= 0.3 is 0 Å². The summed E-state index contributed by atoms with van der Waals surface area (Å²) in [4.78, 5) is 210. The van der Waals surface area contributed by atoms with Gasteiger partial charge < -0.3 is 72.2 Å². The lowest BCUT2D eigenvalue weighted by Gasteiger charge is -2.28. The average molecular weight is 1930 g/mol. The Bertz CT molecular complexity index is 7300. The van der Waals surface area contributed by atoms with Crippen LogP contribution in [0.15, 0.2) is 231 Å². The molecule has 5 saturated heterocycles. The van der Waals surface area contributed by atoms with Crippen molar-refractivity contribution in [2.75, 3.05) is 82.0 Å². The van der Waals surface area contributed by atoms with Crippen molar-refractivity contribution in [2.24, 2.45) is 0 Å². The molecule has 11 aromatic heterocycles. The highest BCUT2D eigenvalue weighted by Gasteiger charge is 2.58. The molecule has 0 radical (unpaired) electrons. The number of amides is 13. The molecule has 20 heterocycles. The molecule has 9 aliphatic rings. The molecular formula is C102H84N20O21. The van der Waals surface area contributed by atoms with Gasteiger partial charge in [-0.15, -0.1) is 0 Å². The maximum Gasteiger partial charge on any atom is 0.254 e. The summed E-state index contributed by atoms with van der Waals surface area (Å²) in [5.74, 6) is 2.05. The Morgan fingerprint density at radius 2 is 0.699 bits per heavy atom. The number of imide groups is 4. The first-order valence-corrected chi connectivity index (χ1v) is 45.3. The highest BCUT2D eigenvalue weighted by Crippen LogP contribution is 2.46. The SMILES string of the molecule is COc1ccc2c(c1)C(=O)N(C[C@@]1(c3cc4nc(N5CCCC5=O)ccc4o3)CC(=O)NC1=O)C2.COc1ccc2c(c1)C(=O)N(C[C@@]1(c3cc4nc(Nc5ccccn5)ccc4o3)CC(=O)NC1=O)C2.COc1ccc2c(c1)C(=O)N(C[C@@]1(c3cc4nc(Nc5cccnc5)ccc4o3)CC(=O)NC1=O)C2.COc1ccc2c(c1)C(=O)N(C[C@@]1(c3cc4nc(Nc5cnccn5)ccc4o3)CC(=O)NC1=O)C2. The summed E-state index contributed by atoms with van der Waals surface area (Å²) < 4.78 is 45.2. The lowest BCUT2D eigenvalue weighted by Crippen LogP contribution is -2.46. The van der Waals surface area contributed by atoms with Gasteiger partial charge in [0, 0.05) is 137 Å². The number of hydrogen-bond acceptors (Lipinski definition) is 32. The normalized spacial score (nSPS) is 19.7. The minimum Gasteiger partial charge on any atom is -0.497 e. The smallest absolute Gasteiger partial charge is 0.254 e. The van der Waals surface area contributed by atoms with Crippen molar-refractivity contribution in [3.63, 3.8) is 0 Å². The summed E-state index contributed by atoms with van der Waals surface area (Å²) in [5, 5.41) is 18.9. The van der Waals surface area contributed by atoms with E-state index in [1.54, 1.807) is 183 Å². The van der Waals surface area contributed by atoms with Crippen LogP contribution >= 0.6 is 0 Å². The van der Waals surface area contributed by atoms with Crippen molar-refractivity contribution in [3.05, 3.63) is 281 Å². The molecule has 4 aromatic carbocycles. The van der Waals surface area contributed by atoms with Crippen LogP contribution in [0.3, 0.4) is 0 Å². The number of ether oxygens (including phenoxy) is 4. The maximum absolute atomic E-state index is 13.2. The summed E-state index contributed by atoms with van der Waals surface area (Å²) in [6, 6.07) is 50.8. The van der Waals surface area contributed by atoms with Gasteiger partial charge in [0.2, 0.25) is 53.2 Å². The summed E-state index contributed by atoms with van der Waals surface area (Å²) in [6.07, 6.45) is 10.4. The molecule has 41 heteroatoms. The van der Waals surface area contributed by atoms with E-state index in [0.29, 0.717) is 164 Å². The van der Waals surface area contributed by atoms with E-state index in [2.05, 4.69) is 77.1 Å². The van der Waals surface area contributed by atoms with E-state index in [4.69, 9.17) is 36.6 Å². The van der Waals surface area contributed by atoms with Crippen molar-refractivity contribution in [1.29, 1.82) is 0 Å². The van der Waals surface area contributed by atoms with Crippen LogP contribution in [-0.4, -0.2) is 197 Å². The second-order valence-electron chi connectivity index (χ2n) is 35.6. The number of pyridine rings is 6. The molecule has 0 spiro atoms. The fourth-order valence-corrected chi connectivity index (χ4v) is 19.4. The number of aromatic nitrogens is 8. The third-order valence-corrected chi connectivity index (χ3v) is 26.6. The predicted molar refractivity (Wildman–Crippen MR) is 507 cm³/mol. The van der Waals surface area contributed by atoms with Gasteiger partial charge in [-0.1, -0.05) is 30.3 Å². The third-order valence-electron chi connectivity index (χ3n) is 26.6. The van der Waals surface area contributed by atoms with Crippen LogP contribution in [0.25, 0.3) is 44.4 Å². The number of benzene rings is 4. The van der Waals surface area contributed by atoms with Crippen LogP contribution in [-0.2, 0) is 91.0 Å². The lowest BCUT2D eigenvalue weighted by molar-refractivity contribution is -0.128. The lowest BCUT2D eigenvalue weighted by atomic mass is 9.82. The van der Waals surface area contributed by atoms with Gasteiger partial charge in [0.1, 0.15) is 125 Å². The highest BCUT2D eigenvalue weighted by molar-refractivity contribution is 6.14. The molecule has 143 heavy (non-hydrogen) atoms. The minimum absolute atomic E-state index is 0.0129. The number of rotatable bonds is 23. The van der Waals surface area contributed by atoms with E-state index in [-0.39, 0.29) is 104 Å². The molecule has 4 atom stereocenters. The molecule has 0 unspecified atom stereocenters. The Morgan fingerprint density at radius 3 is 1.02 bits per heavy atom. The first kappa shape index (κ1) is 91.0. The van der Waals surface area contributed by atoms with Crippen molar-refractivity contribution in [1.82, 2.24) is 80.7 Å². The maximum atomic E-state index is 13.2. The Hall–Kier alpha value is -18.5. The molecule has 9 aliphatic heterocycles. The largest absolute Gasteiger partial charge is 0.497 e. The standard InChI is InChI=1S/2C26H21N5O5.C25H20N6O5.C25H22N4O6/c1-35-17-5-4-15-13-31(24(33)18(15)9-17)14-26(11-23(32)30-25(26)34)21-10-19-20(36-21)6-7-22(29-19)28-16-3-2-8-27-12-16;1-35-16-6-5-15-13-31(24(33)17(15)10-16)14-26(12-23(32)30-25(26)34)20-11-18-19(36-20)7-8-22(28-18)29-21-4-2-3-9-27-21;1-35-15-3-2-14-12-31(23(33)16(14)8-15)13-25(10-22(32)30-24(25)34)19-9-17-18(36-19)4-5-20(28-17)29-21-11-26-6-7-27-21;1-34-15-5-4-14-12-28(23(32)16(14)9-15)13-25(11-21(30)27-24(25)33)19-10-17-18(35-19)6-7-20(26-17)29-8-2-3-22(29)31/h2-10,12H,11,13-14H2,1H3,(H,28,29)(H,30,32,34);2-11H,12-14H2,1H3,(H,27,28,29)(H,30,32,34);2-9,11H,10,12-13H2,1H3,(H,27,28,29)(H,30,32,34);4-7,9-10H,2-3,8,11-13H2,1H3,(H,27,30,33)/t2*26-;2*25-/m1111/s1. The summed E-state index contributed by atoms with van der Waals surface area (Å²) >= 11 is 0. The molecule has 15 aromatic rings. The van der Waals surface area contributed by atoms with Crippen LogP contribution in [0.2, 0.25) is 0 Å². The number of hydrogen-bond donors (Lipinski definition) is 7. The van der Waals surface area contributed by atoms with Crippen LogP contribution in [0.1, 0.15) is 125 Å². The summed E-state index contributed by atoms with van der Waals surface area (Å²) in [6.45, 7) is 1.78. The van der Waals surface area contributed by atoms with Gasteiger partial charge in [-0.2, -0.15) is 0 Å². The number of carbonyl (C=O) groups excluding carboxylic acids is 13. The zero-order valence-electron chi connectivity index (χ0n) is 76.7. The van der Waals surface area contributed by atoms with Crippen LogP contribution < -0.4 is 61.1 Å². The number of furan rings is 4. The zero-order chi connectivity index (χ0) is 98.9.